The predicted molar refractivity (Wildman–Crippen MR) is 83.2 cm³/mol. The van der Waals surface area contributed by atoms with Gasteiger partial charge >= 0.3 is 6.18 Å². The van der Waals surface area contributed by atoms with Crippen molar-refractivity contribution >= 4 is 22.3 Å². The van der Waals surface area contributed by atoms with Crippen molar-refractivity contribution in [3.8, 4) is 17.0 Å². The normalized spacial score (nSPS) is 13.0. The molecular formula is C15H12F3N3O2S. The molecular weight excluding hydrogens is 343 g/mol. The highest BCUT2D eigenvalue weighted by Crippen LogP contribution is 2.39. The summed E-state index contributed by atoms with van der Waals surface area (Å²) in [5, 5.41) is 15.5. The second-order valence-electron chi connectivity index (χ2n) is 5.19. The van der Waals surface area contributed by atoms with Gasteiger partial charge in [-0.15, -0.1) is 11.3 Å². The summed E-state index contributed by atoms with van der Waals surface area (Å²) in [4.78, 5) is 4.08. The van der Waals surface area contributed by atoms with Crippen molar-refractivity contribution in [1.82, 2.24) is 4.98 Å². The molecule has 9 heteroatoms. The maximum atomic E-state index is 13.5. The molecule has 0 radical (unpaired) electrons. The summed E-state index contributed by atoms with van der Waals surface area (Å²) in [6.07, 6.45) is -4.78. The van der Waals surface area contributed by atoms with Crippen molar-refractivity contribution in [1.29, 1.82) is 0 Å². The van der Waals surface area contributed by atoms with Crippen LogP contribution in [0, 0.1) is 13.8 Å². The van der Waals surface area contributed by atoms with Gasteiger partial charge in [-0.1, -0.05) is 0 Å². The molecule has 0 bridgehead atoms. The Balaban J connectivity index is 2.57. The summed E-state index contributed by atoms with van der Waals surface area (Å²) in [6.45, 7) is 3.29. The first-order chi connectivity index (χ1) is 11.2. The Morgan fingerprint density at radius 1 is 1.29 bits per heavy atom. The largest absolute Gasteiger partial charge is 0.507 e. The lowest BCUT2D eigenvalue weighted by Gasteiger charge is -2.13. The van der Waals surface area contributed by atoms with Gasteiger partial charge in [0.15, 0.2) is 0 Å². The second-order valence-corrected chi connectivity index (χ2v) is 6.25. The van der Waals surface area contributed by atoms with Crippen molar-refractivity contribution < 1.29 is 22.7 Å². The molecule has 0 aliphatic rings. The molecule has 126 valence electrons. The molecule has 0 saturated heterocycles. The number of hydrogen-bond donors (Lipinski definition) is 2. The second kappa shape index (κ2) is 5.52. The van der Waals surface area contributed by atoms with E-state index in [4.69, 9.17) is 10.3 Å². The lowest BCUT2D eigenvalue weighted by atomic mass is 10.0. The molecule has 0 aliphatic carbocycles. The fourth-order valence-corrected chi connectivity index (χ4v) is 3.10. The zero-order valence-corrected chi connectivity index (χ0v) is 13.4. The van der Waals surface area contributed by atoms with E-state index in [1.54, 1.807) is 13.8 Å². The minimum atomic E-state index is -4.78. The number of nitrogens with two attached hydrogens (primary N) is 1. The Hall–Kier alpha value is -2.55. The third-order valence-electron chi connectivity index (χ3n) is 3.40. The van der Waals surface area contributed by atoms with Gasteiger partial charge < -0.3 is 15.4 Å². The molecule has 0 aliphatic heterocycles. The number of halogens is 3. The van der Waals surface area contributed by atoms with Crippen LogP contribution in [0.1, 0.15) is 16.3 Å². The number of thiazole rings is 1. The third-order valence-corrected chi connectivity index (χ3v) is 4.17. The van der Waals surface area contributed by atoms with Crippen LogP contribution in [-0.4, -0.2) is 10.1 Å². The molecule has 2 heterocycles. The molecule has 0 spiro atoms. The lowest BCUT2D eigenvalue weighted by molar-refractivity contribution is -0.152. The number of aromatic hydroxyl groups is 1. The molecule has 0 fully saturated rings. The fourth-order valence-electron chi connectivity index (χ4n) is 2.49. The molecule has 24 heavy (non-hydrogen) atoms. The molecule has 3 rings (SSSR count). The number of aryl methyl sites for hydroxylation is 2. The Morgan fingerprint density at radius 3 is 2.54 bits per heavy atom. The molecule has 3 N–H and O–H groups in total. The third kappa shape index (κ3) is 2.60. The quantitative estimate of drug-likeness (QED) is 0.515. The summed E-state index contributed by atoms with van der Waals surface area (Å²) < 4.78 is 45.7. The highest BCUT2D eigenvalue weighted by Gasteiger charge is 2.39. The van der Waals surface area contributed by atoms with E-state index < -0.39 is 11.9 Å². The first-order valence-electron chi connectivity index (χ1n) is 6.76. The van der Waals surface area contributed by atoms with Gasteiger partial charge in [0.1, 0.15) is 16.7 Å². The van der Waals surface area contributed by atoms with Crippen LogP contribution in [0.4, 0.5) is 13.2 Å². The number of nitrogens with zero attached hydrogens (tertiary/aromatic N) is 2. The summed E-state index contributed by atoms with van der Waals surface area (Å²) in [7, 11) is 0. The van der Waals surface area contributed by atoms with Crippen molar-refractivity contribution in [3.05, 3.63) is 39.2 Å². The van der Waals surface area contributed by atoms with Gasteiger partial charge in [0.2, 0.25) is 5.76 Å². The molecule has 5 nitrogen and oxygen atoms in total. The van der Waals surface area contributed by atoms with E-state index in [9.17, 15) is 18.3 Å². The first kappa shape index (κ1) is 16.3. The van der Waals surface area contributed by atoms with Crippen LogP contribution in [0.3, 0.4) is 0 Å². The van der Waals surface area contributed by atoms with Crippen LogP contribution in [0.25, 0.3) is 22.2 Å². The number of phenols is 1. The summed E-state index contributed by atoms with van der Waals surface area (Å²) in [5.74, 6) is 3.84. The van der Waals surface area contributed by atoms with E-state index in [2.05, 4.69) is 10.1 Å². The molecule has 0 atom stereocenters. The predicted octanol–water partition coefficient (Wildman–Crippen LogP) is 3.67. The number of phenolic OH excluding ortho intramolecular Hbond substituents is 1. The highest BCUT2D eigenvalue weighted by atomic mass is 32.1. The van der Waals surface area contributed by atoms with E-state index in [-0.39, 0.29) is 33.3 Å². The van der Waals surface area contributed by atoms with Crippen LogP contribution >= 0.6 is 11.3 Å². The molecule has 3 aromatic rings. The maximum absolute atomic E-state index is 13.5. The van der Waals surface area contributed by atoms with Crippen molar-refractivity contribution in [2.45, 2.75) is 20.0 Å². The van der Waals surface area contributed by atoms with E-state index in [0.717, 1.165) is 0 Å². The topological polar surface area (TPSA) is 84.6 Å². The minimum absolute atomic E-state index is 0.0109. The molecule has 1 aromatic carbocycles. The molecule has 0 saturated carbocycles. The molecule has 0 amide bonds. The van der Waals surface area contributed by atoms with Crippen LogP contribution in [0.2, 0.25) is 0 Å². The van der Waals surface area contributed by atoms with Gasteiger partial charge in [-0.3, -0.25) is 0 Å². The Kier molecular flexibility index (Phi) is 3.75. The number of rotatable bonds is 1. The zero-order valence-electron chi connectivity index (χ0n) is 12.6. The monoisotopic (exact) mass is 355 g/mol. The number of fused-ring (bicyclic) bond motifs is 1. The van der Waals surface area contributed by atoms with Crippen LogP contribution < -0.4 is 11.2 Å². The summed E-state index contributed by atoms with van der Waals surface area (Å²) in [6, 6.07) is 2.78. The number of alkyl halides is 3. The smallest absolute Gasteiger partial charge is 0.450 e. The van der Waals surface area contributed by atoms with Gasteiger partial charge in [-0.25, -0.2) is 4.98 Å². The maximum Gasteiger partial charge on any atom is 0.450 e. The van der Waals surface area contributed by atoms with Gasteiger partial charge in [0, 0.05) is 5.38 Å². The Morgan fingerprint density at radius 2 is 2.00 bits per heavy atom. The standard InChI is InChI=1S/C15H12F3N3O2S/c1-6-3-9(22)12-10(4-6)23-14(15(16,17)18)11(13(12)21-19)8-5-24-7(2)20-8/h3-5,22H,19H2,1-2H3/b21-13-. The van der Waals surface area contributed by atoms with Crippen LogP contribution in [-0.2, 0) is 6.18 Å². The number of aromatic nitrogens is 1. The van der Waals surface area contributed by atoms with Gasteiger partial charge in [-0.05, 0) is 31.5 Å². The average molecular weight is 355 g/mol. The van der Waals surface area contributed by atoms with Crippen LogP contribution in [0.5, 0.6) is 5.75 Å². The number of hydrogen-bond acceptors (Lipinski definition) is 6. The van der Waals surface area contributed by atoms with Crippen LogP contribution in [0.15, 0.2) is 27.0 Å². The minimum Gasteiger partial charge on any atom is -0.507 e. The van der Waals surface area contributed by atoms with E-state index in [1.165, 1.54) is 28.8 Å². The lowest BCUT2D eigenvalue weighted by Crippen LogP contribution is -2.19. The number of benzene rings is 1. The first-order valence-corrected chi connectivity index (χ1v) is 7.64. The van der Waals surface area contributed by atoms with E-state index in [1.807, 2.05) is 0 Å². The van der Waals surface area contributed by atoms with Gasteiger partial charge in [0.25, 0.3) is 0 Å². The SMILES string of the molecule is Cc1cc(O)c2/c(=N\N)c(-c3csc(C)n3)c(C(F)(F)F)oc2c1. The van der Waals surface area contributed by atoms with Gasteiger partial charge in [-0.2, -0.15) is 18.3 Å². The molecule has 0 unspecified atom stereocenters. The highest BCUT2D eigenvalue weighted by molar-refractivity contribution is 7.09. The van der Waals surface area contributed by atoms with E-state index >= 15 is 0 Å². The molecule has 2 aromatic heterocycles. The van der Waals surface area contributed by atoms with Crippen molar-refractivity contribution in [2.24, 2.45) is 10.9 Å². The van der Waals surface area contributed by atoms with Crippen molar-refractivity contribution in [2.75, 3.05) is 0 Å². The Bertz CT molecular complexity index is 1010. The zero-order chi connectivity index (χ0) is 17.6. The Labute approximate surface area is 137 Å². The average Bonchev–Trinajstić information content (AvgIpc) is 2.90. The van der Waals surface area contributed by atoms with Gasteiger partial charge in [0.05, 0.1) is 21.7 Å². The summed E-state index contributed by atoms with van der Waals surface area (Å²) in [5.41, 5.74) is 0.0393. The van der Waals surface area contributed by atoms with Crippen molar-refractivity contribution in [3.63, 3.8) is 0 Å². The summed E-state index contributed by atoms with van der Waals surface area (Å²) >= 11 is 1.18. The fraction of sp³-hybridized carbons (Fsp3) is 0.200. The van der Waals surface area contributed by atoms with E-state index in [0.29, 0.717) is 10.6 Å².